The molecule has 2 aromatic rings. The predicted molar refractivity (Wildman–Crippen MR) is 80.1 cm³/mol. The Bertz CT molecular complexity index is 592. The highest BCUT2D eigenvalue weighted by atomic mass is 79.9. The molecule has 1 unspecified atom stereocenters. The molecule has 1 aromatic heterocycles. The van der Waals surface area contributed by atoms with Crippen LogP contribution in [0.2, 0.25) is 0 Å². The van der Waals surface area contributed by atoms with Crippen LogP contribution in [0.1, 0.15) is 24.1 Å². The Kier molecular flexibility index (Phi) is 5.09. The molecule has 5 heteroatoms. The third-order valence-corrected chi connectivity index (χ3v) is 3.46. The standard InChI is InChI=1S/C15H16BrFN2O/c1-10(18-2)14-6-13(17)3-4-15(14)20-9-11-5-12(16)8-19-7-11/h3-8,10,18H,9H2,1-2H3. The van der Waals surface area contributed by atoms with Crippen molar-refractivity contribution in [2.75, 3.05) is 7.05 Å². The van der Waals surface area contributed by atoms with Crippen molar-refractivity contribution in [1.29, 1.82) is 0 Å². The minimum atomic E-state index is -0.265. The highest BCUT2D eigenvalue weighted by Crippen LogP contribution is 2.26. The van der Waals surface area contributed by atoms with Crippen molar-refractivity contribution in [2.24, 2.45) is 0 Å². The van der Waals surface area contributed by atoms with Gasteiger partial charge in [0.25, 0.3) is 0 Å². The third kappa shape index (κ3) is 3.77. The van der Waals surface area contributed by atoms with Crippen LogP contribution in [0.3, 0.4) is 0 Å². The van der Waals surface area contributed by atoms with Gasteiger partial charge in [0.1, 0.15) is 18.2 Å². The molecule has 20 heavy (non-hydrogen) atoms. The van der Waals surface area contributed by atoms with Crippen molar-refractivity contribution in [3.63, 3.8) is 0 Å². The number of halogens is 2. The predicted octanol–water partition coefficient (Wildman–Crippen LogP) is 3.84. The van der Waals surface area contributed by atoms with Gasteiger partial charge in [-0.15, -0.1) is 0 Å². The van der Waals surface area contributed by atoms with E-state index in [1.54, 1.807) is 18.5 Å². The lowest BCUT2D eigenvalue weighted by molar-refractivity contribution is 0.299. The maximum atomic E-state index is 13.4. The number of hydrogen-bond acceptors (Lipinski definition) is 3. The fourth-order valence-electron chi connectivity index (χ4n) is 1.84. The van der Waals surface area contributed by atoms with Crippen LogP contribution >= 0.6 is 15.9 Å². The Morgan fingerprint density at radius 2 is 2.15 bits per heavy atom. The first-order chi connectivity index (χ1) is 9.60. The molecule has 0 saturated carbocycles. The van der Waals surface area contributed by atoms with E-state index in [9.17, 15) is 4.39 Å². The zero-order valence-corrected chi connectivity index (χ0v) is 12.9. The van der Waals surface area contributed by atoms with Gasteiger partial charge in [-0.2, -0.15) is 0 Å². The zero-order valence-electron chi connectivity index (χ0n) is 11.4. The number of hydrogen-bond donors (Lipinski definition) is 1. The summed E-state index contributed by atoms with van der Waals surface area (Å²) >= 11 is 3.37. The van der Waals surface area contributed by atoms with Gasteiger partial charge >= 0.3 is 0 Å². The summed E-state index contributed by atoms with van der Waals surface area (Å²) in [5.41, 5.74) is 1.75. The van der Waals surface area contributed by atoms with Gasteiger partial charge in [0, 0.05) is 34.0 Å². The molecule has 0 bridgehead atoms. The van der Waals surface area contributed by atoms with Gasteiger partial charge in [0.05, 0.1) is 0 Å². The monoisotopic (exact) mass is 338 g/mol. The number of rotatable bonds is 5. The summed E-state index contributed by atoms with van der Waals surface area (Å²) in [6.45, 7) is 2.35. The van der Waals surface area contributed by atoms with Gasteiger partial charge in [-0.25, -0.2) is 4.39 Å². The molecule has 3 nitrogen and oxygen atoms in total. The second kappa shape index (κ2) is 6.81. The average Bonchev–Trinajstić information content (AvgIpc) is 2.45. The first-order valence-corrected chi connectivity index (χ1v) is 7.08. The van der Waals surface area contributed by atoms with E-state index in [2.05, 4.69) is 26.2 Å². The lowest BCUT2D eigenvalue weighted by Gasteiger charge is -2.16. The molecular formula is C15H16BrFN2O. The van der Waals surface area contributed by atoms with Crippen LogP contribution < -0.4 is 10.1 Å². The molecule has 0 fully saturated rings. The van der Waals surface area contributed by atoms with E-state index < -0.39 is 0 Å². The van der Waals surface area contributed by atoms with E-state index in [1.165, 1.54) is 12.1 Å². The Balaban J connectivity index is 2.16. The number of pyridine rings is 1. The van der Waals surface area contributed by atoms with Crippen LogP contribution in [0.5, 0.6) is 5.75 Å². The Morgan fingerprint density at radius 3 is 2.85 bits per heavy atom. The molecule has 0 amide bonds. The maximum Gasteiger partial charge on any atom is 0.124 e. The lowest BCUT2D eigenvalue weighted by atomic mass is 10.1. The summed E-state index contributed by atoms with van der Waals surface area (Å²) in [7, 11) is 1.83. The molecule has 2 rings (SSSR count). The molecule has 1 atom stereocenters. The minimum Gasteiger partial charge on any atom is -0.489 e. The fraction of sp³-hybridized carbons (Fsp3) is 0.267. The molecule has 1 aromatic carbocycles. The van der Waals surface area contributed by atoms with Crippen LogP contribution in [0.4, 0.5) is 4.39 Å². The van der Waals surface area contributed by atoms with Gasteiger partial charge in [-0.1, -0.05) is 0 Å². The van der Waals surface area contributed by atoms with Crippen LogP contribution in [0.15, 0.2) is 41.1 Å². The number of benzene rings is 1. The van der Waals surface area contributed by atoms with Gasteiger partial charge in [0.15, 0.2) is 0 Å². The molecule has 1 N–H and O–H groups in total. The van der Waals surface area contributed by atoms with Crippen molar-refractivity contribution < 1.29 is 9.13 Å². The van der Waals surface area contributed by atoms with E-state index in [0.717, 1.165) is 15.6 Å². The third-order valence-electron chi connectivity index (χ3n) is 3.03. The zero-order chi connectivity index (χ0) is 14.5. The molecule has 0 aliphatic carbocycles. The smallest absolute Gasteiger partial charge is 0.124 e. The largest absolute Gasteiger partial charge is 0.489 e. The summed E-state index contributed by atoms with van der Waals surface area (Å²) < 4.78 is 20.1. The van der Waals surface area contributed by atoms with Crippen LogP contribution in [-0.4, -0.2) is 12.0 Å². The van der Waals surface area contributed by atoms with Crippen LogP contribution in [-0.2, 0) is 6.61 Å². The van der Waals surface area contributed by atoms with Gasteiger partial charge in [-0.3, -0.25) is 4.98 Å². The van der Waals surface area contributed by atoms with Crippen molar-refractivity contribution in [1.82, 2.24) is 10.3 Å². The first kappa shape index (κ1) is 14.9. The molecule has 0 saturated heterocycles. The summed E-state index contributed by atoms with van der Waals surface area (Å²) in [4.78, 5) is 4.09. The molecule has 0 aliphatic heterocycles. The number of nitrogens with one attached hydrogen (secondary N) is 1. The van der Waals surface area contributed by atoms with Gasteiger partial charge in [-0.05, 0) is 54.2 Å². The molecule has 106 valence electrons. The van der Waals surface area contributed by atoms with E-state index in [1.807, 2.05) is 20.0 Å². The molecule has 0 radical (unpaired) electrons. The fourth-order valence-corrected chi connectivity index (χ4v) is 2.25. The van der Waals surface area contributed by atoms with E-state index in [4.69, 9.17) is 4.74 Å². The van der Waals surface area contributed by atoms with Crippen molar-refractivity contribution in [3.05, 3.63) is 58.1 Å². The summed E-state index contributed by atoms with van der Waals surface area (Å²) in [6, 6.07) is 6.51. The second-order valence-corrected chi connectivity index (χ2v) is 5.41. The Morgan fingerprint density at radius 1 is 1.35 bits per heavy atom. The highest BCUT2D eigenvalue weighted by Gasteiger charge is 2.11. The Labute approximate surface area is 126 Å². The lowest BCUT2D eigenvalue weighted by Crippen LogP contribution is -2.14. The van der Waals surface area contributed by atoms with Crippen molar-refractivity contribution >= 4 is 15.9 Å². The second-order valence-electron chi connectivity index (χ2n) is 4.49. The summed E-state index contributed by atoms with van der Waals surface area (Å²) in [6.07, 6.45) is 3.46. The van der Waals surface area contributed by atoms with E-state index in [0.29, 0.717) is 12.4 Å². The first-order valence-electron chi connectivity index (χ1n) is 6.29. The van der Waals surface area contributed by atoms with Crippen LogP contribution in [0, 0.1) is 5.82 Å². The van der Waals surface area contributed by atoms with Crippen molar-refractivity contribution in [3.8, 4) is 5.75 Å². The molecule has 1 heterocycles. The maximum absolute atomic E-state index is 13.4. The minimum absolute atomic E-state index is 0.0151. The normalized spacial score (nSPS) is 12.2. The van der Waals surface area contributed by atoms with Crippen molar-refractivity contribution in [2.45, 2.75) is 19.6 Å². The number of ether oxygens (including phenoxy) is 1. The SMILES string of the molecule is CNC(C)c1cc(F)ccc1OCc1cncc(Br)c1. The highest BCUT2D eigenvalue weighted by molar-refractivity contribution is 9.10. The number of aromatic nitrogens is 1. The molecule has 0 spiro atoms. The Hall–Kier alpha value is -1.46. The van der Waals surface area contributed by atoms with Gasteiger partial charge in [0.2, 0.25) is 0 Å². The van der Waals surface area contributed by atoms with E-state index in [-0.39, 0.29) is 11.9 Å². The molecule has 0 aliphatic rings. The summed E-state index contributed by atoms with van der Waals surface area (Å²) in [5, 5.41) is 3.09. The summed E-state index contributed by atoms with van der Waals surface area (Å²) in [5.74, 6) is 0.409. The van der Waals surface area contributed by atoms with E-state index >= 15 is 0 Å². The van der Waals surface area contributed by atoms with Gasteiger partial charge < -0.3 is 10.1 Å². The average molecular weight is 339 g/mol. The topological polar surface area (TPSA) is 34.1 Å². The molecular weight excluding hydrogens is 323 g/mol. The number of nitrogens with zero attached hydrogens (tertiary/aromatic N) is 1. The quantitative estimate of drug-likeness (QED) is 0.899. The van der Waals surface area contributed by atoms with Crippen LogP contribution in [0.25, 0.3) is 0 Å².